The lowest BCUT2D eigenvalue weighted by molar-refractivity contribution is -0.121. The van der Waals surface area contributed by atoms with Crippen molar-refractivity contribution in [3.05, 3.63) is 65.4 Å². The van der Waals surface area contributed by atoms with E-state index in [4.69, 9.17) is 4.42 Å². The molecule has 5 heteroatoms. The standard InChI is InChI=1S/C19H18N2O2S/c22-18(11-16-12-23-19(21-16)17-7-4-8-24-17)20-15-9-14(10-15)13-5-2-1-3-6-13/h1-8,12,14-15H,9-11H2,(H,20,22). The first kappa shape index (κ1) is 15.1. The molecule has 0 aliphatic heterocycles. The van der Waals surface area contributed by atoms with Gasteiger partial charge in [-0.2, -0.15) is 0 Å². The van der Waals surface area contributed by atoms with E-state index in [9.17, 15) is 4.79 Å². The van der Waals surface area contributed by atoms with E-state index in [-0.39, 0.29) is 18.4 Å². The van der Waals surface area contributed by atoms with Crippen LogP contribution in [0.2, 0.25) is 0 Å². The molecule has 1 fully saturated rings. The highest BCUT2D eigenvalue weighted by molar-refractivity contribution is 7.13. The molecule has 0 saturated heterocycles. The second kappa shape index (κ2) is 6.61. The van der Waals surface area contributed by atoms with Gasteiger partial charge in [0.25, 0.3) is 0 Å². The number of thiophene rings is 1. The Hall–Kier alpha value is -2.40. The van der Waals surface area contributed by atoms with E-state index in [0.717, 1.165) is 17.7 Å². The van der Waals surface area contributed by atoms with Crippen molar-refractivity contribution in [1.82, 2.24) is 10.3 Å². The molecular weight excluding hydrogens is 320 g/mol. The number of benzene rings is 1. The normalized spacial score (nSPS) is 19.7. The molecule has 0 bridgehead atoms. The van der Waals surface area contributed by atoms with Gasteiger partial charge in [-0.1, -0.05) is 36.4 Å². The fraction of sp³-hybridized carbons (Fsp3) is 0.263. The van der Waals surface area contributed by atoms with Crippen molar-refractivity contribution in [2.45, 2.75) is 31.2 Å². The zero-order valence-electron chi connectivity index (χ0n) is 13.1. The summed E-state index contributed by atoms with van der Waals surface area (Å²) in [6.07, 6.45) is 3.85. The minimum Gasteiger partial charge on any atom is -0.444 e. The highest BCUT2D eigenvalue weighted by Gasteiger charge is 2.31. The molecule has 2 heterocycles. The van der Waals surface area contributed by atoms with E-state index in [2.05, 4.69) is 34.6 Å². The molecule has 1 aromatic carbocycles. The van der Waals surface area contributed by atoms with Crippen molar-refractivity contribution in [1.29, 1.82) is 0 Å². The van der Waals surface area contributed by atoms with Gasteiger partial charge in [0.05, 0.1) is 17.0 Å². The fourth-order valence-electron chi connectivity index (χ4n) is 3.08. The Kier molecular flexibility index (Phi) is 4.17. The number of rotatable bonds is 5. The number of amides is 1. The maximum atomic E-state index is 12.2. The van der Waals surface area contributed by atoms with Gasteiger partial charge in [-0.05, 0) is 35.8 Å². The maximum absolute atomic E-state index is 12.2. The van der Waals surface area contributed by atoms with Gasteiger partial charge in [-0.3, -0.25) is 4.79 Å². The molecule has 0 atom stereocenters. The molecule has 1 aliphatic rings. The van der Waals surface area contributed by atoms with Gasteiger partial charge in [0.1, 0.15) is 6.26 Å². The molecule has 1 saturated carbocycles. The molecule has 3 aromatic rings. The van der Waals surface area contributed by atoms with Crippen LogP contribution in [0.1, 0.15) is 30.0 Å². The van der Waals surface area contributed by atoms with Crippen LogP contribution in [0, 0.1) is 0 Å². The van der Waals surface area contributed by atoms with E-state index in [1.807, 2.05) is 23.6 Å². The lowest BCUT2D eigenvalue weighted by atomic mass is 9.76. The lowest BCUT2D eigenvalue weighted by Gasteiger charge is -2.36. The van der Waals surface area contributed by atoms with Gasteiger partial charge in [-0.15, -0.1) is 11.3 Å². The Morgan fingerprint density at radius 1 is 1.21 bits per heavy atom. The van der Waals surface area contributed by atoms with E-state index < -0.39 is 0 Å². The Morgan fingerprint density at radius 3 is 2.79 bits per heavy atom. The van der Waals surface area contributed by atoms with Gasteiger partial charge in [0, 0.05) is 6.04 Å². The smallest absolute Gasteiger partial charge is 0.236 e. The maximum Gasteiger partial charge on any atom is 0.236 e. The number of carbonyl (C=O) groups is 1. The first-order valence-electron chi connectivity index (χ1n) is 8.10. The number of nitrogens with zero attached hydrogens (tertiary/aromatic N) is 1. The summed E-state index contributed by atoms with van der Waals surface area (Å²) in [5.74, 6) is 1.16. The van der Waals surface area contributed by atoms with Crippen LogP contribution in [-0.4, -0.2) is 16.9 Å². The average molecular weight is 338 g/mol. The van der Waals surface area contributed by atoms with Crippen molar-refractivity contribution in [3.8, 4) is 10.8 Å². The minimum atomic E-state index is 0.0116. The van der Waals surface area contributed by atoms with E-state index >= 15 is 0 Å². The monoisotopic (exact) mass is 338 g/mol. The second-order valence-electron chi connectivity index (χ2n) is 6.14. The van der Waals surface area contributed by atoms with Crippen LogP contribution < -0.4 is 5.32 Å². The van der Waals surface area contributed by atoms with Gasteiger partial charge in [0.2, 0.25) is 11.8 Å². The fourth-order valence-corrected chi connectivity index (χ4v) is 3.73. The highest BCUT2D eigenvalue weighted by Crippen LogP contribution is 2.36. The summed E-state index contributed by atoms with van der Waals surface area (Å²) in [4.78, 5) is 17.5. The number of nitrogens with one attached hydrogen (secondary N) is 1. The van der Waals surface area contributed by atoms with Gasteiger partial charge in [-0.25, -0.2) is 4.98 Å². The number of hydrogen-bond acceptors (Lipinski definition) is 4. The third kappa shape index (κ3) is 3.26. The third-order valence-electron chi connectivity index (χ3n) is 4.40. The molecule has 2 aromatic heterocycles. The summed E-state index contributed by atoms with van der Waals surface area (Å²) in [6, 6.07) is 14.7. The predicted molar refractivity (Wildman–Crippen MR) is 93.9 cm³/mol. The lowest BCUT2D eigenvalue weighted by Crippen LogP contribution is -2.43. The Morgan fingerprint density at radius 2 is 2.04 bits per heavy atom. The molecule has 0 radical (unpaired) electrons. The molecule has 1 aliphatic carbocycles. The van der Waals surface area contributed by atoms with E-state index in [1.54, 1.807) is 17.6 Å². The van der Waals surface area contributed by atoms with Crippen LogP contribution in [0.4, 0.5) is 0 Å². The number of aromatic nitrogens is 1. The van der Waals surface area contributed by atoms with Crippen molar-refractivity contribution in [3.63, 3.8) is 0 Å². The zero-order valence-corrected chi connectivity index (χ0v) is 14.0. The Bertz CT molecular complexity index is 805. The van der Waals surface area contributed by atoms with Gasteiger partial charge < -0.3 is 9.73 Å². The van der Waals surface area contributed by atoms with Gasteiger partial charge in [0.15, 0.2) is 0 Å². The summed E-state index contributed by atoms with van der Waals surface area (Å²) >= 11 is 1.57. The molecule has 0 unspecified atom stereocenters. The number of hydrogen-bond donors (Lipinski definition) is 1. The number of oxazole rings is 1. The summed E-state index contributed by atoms with van der Waals surface area (Å²) in [5.41, 5.74) is 2.04. The molecule has 4 nitrogen and oxygen atoms in total. The largest absolute Gasteiger partial charge is 0.444 e. The summed E-state index contributed by atoms with van der Waals surface area (Å²) in [5, 5.41) is 5.07. The van der Waals surface area contributed by atoms with Crippen LogP contribution in [0.5, 0.6) is 0 Å². The third-order valence-corrected chi connectivity index (χ3v) is 5.26. The summed E-state index contributed by atoms with van der Waals surface area (Å²) in [7, 11) is 0. The van der Waals surface area contributed by atoms with Crippen LogP contribution >= 0.6 is 11.3 Å². The van der Waals surface area contributed by atoms with Crippen molar-refractivity contribution in [2.24, 2.45) is 0 Å². The summed E-state index contributed by atoms with van der Waals surface area (Å²) < 4.78 is 5.45. The molecule has 1 amide bonds. The van der Waals surface area contributed by atoms with Crippen molar-refractivity contribution < 1.29 is 9.21 Å². The van der Waals surface area contributed by atoms with Crippen LogP contribution in [0.25, 0.3) is 10.8 Å². The SMILES string of the molecule is O=C(Cc1coc(-c2cccs2)n1)NC1CC(c2ccccc2)C1. The Labute approximate surface area is 144 Å². The average Bonchev–Trinajstić information content (AvgIpc) is 3.22. The van der Waals surface area contributed by atoms with E-state index in [0.29, 0.717) is 17.5 Å². The molecule has 24 heavy (non-hydrogen) atoms. The number of carbonyl (C=O) groups excluding carboxylic acids is 1. The summed E-state index contributed by atoms with van der Waals surface area (Å²) in [6.45, 7) is 0. The predicted octanol–water partition coefficient (Wildman–Crippen LogP) is 4.01. The molecule has 0 spiro atoms. The minimum absolute atomic E-state index is 0.0116. The highest BCUT2D eigenvalue weighted by atomic mass is 32.1. The Balaban J connectivity index is 1.28. The van der Waals surface area contributed by atoms with E-state index in [1.165, 1.54) is 5.56 Å². The van der Waals surface area contributed by atoms with Gasteiger partial charge >= 0.3 is 0 Å². The first-order chi connectivity index (χ1) is 11.8. The zero-order chi connectivity index (χ0) is 16.4. The van der Waals surface area contributed by atoms with Crippen molar-refractivity contribution in [2.75, 3.05) is 0 Å². The molecular formula is C19H18N2O2S. The molecule has 4 rings (SSSR count). The second-order valence-corrected chi connectivity index (χ2v) is 7.09. The molecule has 1 N–H and O–H groups in total. The van der Waals surface area contributed by atoms with Crippen molar-refractivity contribution >= 4 is 17.2 Å². The topological polar surface area (TPSA) is 55.1 Å². The quantitative estimate of drug-likeness (QED) is 0.765. The first-order valence-corrected chi connectivity index (χ1v) is 8.98. The molecule has 122 valence electrons. The van der Waals surface area contributed by atoms with Crippen LogP contribution in [0.15, 0.2) is 58.5 Å². The van der Waals surface area contributed by atoms with Crippen LogP contribution in [0.3, 0.4) is 0 Å². The van der Waals surface area contributed by atoms with Crippen LogP contribution in [-0.2, 0) is 11.2 Å².